The molecule has 0 unspecified atom stereocenters. The second kappa shape index (κ2) is 1.31. The first-order chi connectivity index (χ1) is 4.23. The third-order valence-electron chi connectivity index (χ3n) is 2.84. The molecule has 0 aliphatic heterocycles. The van der Waals surface area contributed by atoms with Gasteiger partial charge in [-0.05, 0) is 31.6 Å². The van der Waals surface area contributed by atoms with Crippen molar-refractivity contribution >= 4 is 5.97 Å². The molecule has 50 valence electrons. The molecule has 0 radical (unpaired) electrons. The predicted molar refractivity (Wildman–Crippen MR) is 32.0 cm³/mol. The molecule has 0 aromatic rings. The Balaban J connectivity index is 2.19. The van der Waals surface area contributed by atoms with Crippen LogP contribution in [0.2, 0.25) is 0 Å². The minimum atomic E-state index is -0.559. The number of carboxylic acids is 1. The van der Waals surface area contributed by atoms with Crippen molar-refractivity contribution in [1.82, 2.24) is 0 Å². The quantitative estimate of drug-likeness (QED) is 0.538. The predicted octanol–water partition coefficient (Wildman–Crippen LogP) is 1.26. The Morgan fingerprint density at radius 1 is 1.56 bits per heavy atom. The molecule has 3 rings (SSSR count). The van der Waals surface area contributed by atoms with Gasteiger partial charge in [-0.1, -0.05) is 0 Å². The van der Waals surface area contributed by atoms with Crippen molar-refractivity contribution in [3.63, 3.8) is 0 Å². The molecule has 3 saturated carbocycles. The lowest BCUT2D eigenvalue weighted by atomic mass is 9.75. The van der Waals surface area contributed by atoms with Gasteiger partial charge in [0.05, 0.1) is 5.41 Å². The summed E-state index contributed by atoms with van der Waals surface area (Å²) < 4.78 is 0. The topological polar surface area (TPSA) is 37.3 Å². The van der Waals surface area contributed by atoms with Gasteiger partial charge in [0.15, 0.2) is 0 Å². The van der Waals surface area contributed by atoms with E-state index in [1.165, 1.54) is 0 Å². The van der Waals surface area contributed by atoms with E-state index in [1.807, 2.05) is 0 Å². The summed E-state index contributed by atoms with van der Waals surface area (Å²) in [5.41, 5.74) is -0.245. The van der Waals surface area contributed by atoms with E-state index >= 15 is 0 Å². The van der Waals surface area contributed by atoms with Gasteiger partial charge in [-0.3, -0.25) is 4.79 Å². The molecule has 3 aliphatic rings. The Hall–Kier alpha value is -0.530. The first-order valence-electron chi connectivity index (χ1n) is 3.46. The van der Waals surface area contributed by atoms with Crippen LogP contribution in [0.25, 0.3) is 0 Å². The van der Waals surface area contributed by atoms with Crippen LogP contribution < -0.4 is 0 Å². The fourth-order valence-electron chi connectivity index (χ4n) is 2.22. The normalized spacial score (nSPS) is 46.4. The third-order valence-corrected chi connectivity index (χ3v) is 2.84. The molecule has 0 atom stereocenters. The lowest BCUT2D eigenvalue weighted by Crippen LogP contribution is -2.35. The Morgan fingerprint density at radius 3 is 2.44 bits per heavy atom. The second-order valence-corrected chi connectivity index (χ2v) is 3.40. The molecule has 3 fully saturated rings. The molecular formula is C7H10O2. The lowest BCUT2D eigenvalue weighted by Gasteiger charge is -2.33. The summed E-state index contributed by atoms with van der Waals surface area (Å²) in [6.07, 6.45) is 4.02. The summed E-state index contributed by atoms with van der Waals surface area (Å²) in [6.45, 7) is 0. The minimum Gasteiger partial charge on any atom is -0.481 e. The average molecular weight is 127 g/mol. The van der Waals surface area contributed by atoms with E-state index in [0.717, 1.165) is 31.6 Å². The van der Waals surface area contributed by atoms with E-state index in [2.05, 4.69) is 0 Å². The van der Waals surface area contributed by atoms with Crippen LogP contribution in [0.1, 0.15) is 25.7 Å². The monoisotopic (exact) mass is 127 g/mol. The maximum atomic E-state index is 10.6. The van der Waals surface area contributed by atoms with Crippen molar-refractivity contribution in [3.8, 4) is 0 Å². The largest absolute Gasteiger partial charge is 0.481 e. The lowest BCUT2D eigenvalue weighted by molar-refractivity contribution is -0.153. The molecule has 0 aromatic carbocycles. The first-order valence-corrected chi connectivity index (χ1v) is 3.46. The fraction of sp³-hybridized carbons (Fsp3) is 0.857. The van der Waals surface area contributed by atoms with E-state index in [1.54, 1.807) is 0 Å². The average Bonchev–Trinajstić information content (AvgIpc) is 2.13. The van der Waals surface area contributed by atoms with Crippen LogP contribution in [0.3, 0.4) is 0 Å². The van der Waals surface area contributed by atoms with Crippen LogP contribution in [0.15, 0.2) is 0 Å². The highest BCUT2D eigenvalue weighted by Gasteiger charge is 2.55. The van der Waals surface area contributed by atoms with Crippen LogP contribution in [0.5, 0.6) is 0 Å². The highest BCUT2D eigenvalue weighted by molar-refractivity contribution is 5.76. The maximum Gasteiger partial charge on any atom is 0.309 e. The minimum absolute atomic E-state index is 0.245. The Labute approximate surface area is 53.9 Å². The standard InChI is InChI=1S/C7H10O2/c8-6(9)7-2-1-5(3-7)4-7/h5H,1-4H2,(H,8,9)/i6+1. The van der Waals surface area contributed by atoms with E-state index in [4.69, 9.17) is 5.11 Å². The highest BCUT2D eigenvalue weighted by Crippen LogP contribution is 2.58. The number of hydrogen-bond acceptors (Lipinski definition) is 1. The van der Waals surface area contributed by atoms with E-state index in [9.17, 15) is 4.79 Å². The van der Waals surface area contributed by atoms with Gasteiger partial charge in [-0.25, -0.2) is 0 Å². The van der Waals surface area contributed by atoms with Crippen molar-refractivity contribution in [1.29, 1.82) is 0 Å². The van der Waals surface area contributed by atoms with Crippen LogP contribution in [-0.2, 0) is 4.79 Å². The number of carboxylic acid groups (broad SMARTS) is 1. The number of aliphatic carboxylic acids is 1. The van der Waals surface area contributed by atoms with Crippen LogP contribution in [0, 0.1) is 11.3 Å². The van der Waals surface area contributed by atoms with Gasteiger partial charge in [0, 0.05) is 0 Å². The molecule has 1 N–H and O–H groups in total. The summed E-state index contributed by atoms with van der Waals surface area (Å²) in [5, 5.41) is 8.71. The number of rotatable bonds is 1. The summed E-state index contributed by atoms with van der Waals surface area (Å²) in [6, 6.07) is 0. The molecule has 2 bridgehead atoms. The van der Waals surface area contributed by atoms with E-state index in [0.29, 0.717) is 0 Å². The maximum absolute atomic E-state index is 10.6. The van der Waals surface area contributed by atoms with Gasteiger partial charge >= 0.3 is 5.97 Å². The van der Waals surface area contributed by atoms with Gasteiger partial charge in [0.2, 0.25) is 0 Å². The Kier molecular flexibility index (Phi) is 0.765. The SMILES string of the molecule is O=[13C](O)C12CCC(C1)C2. The Bertz CT molecular complexity index is 151. The van der Waals surface area contributed by atoms with Crippen LogP contribution in [-0.4, -0.2) is 11.1 Å². The third kappa shape index (κ3) is 0.485. The van der Waals surface area contributed by atoms with Gasteiger partial charge in [0.25, 0.3) is 0 Å². The van der Waals surface area contributed by atoms with E-state index < -0.39 is 5.97 Å². The molecule has 0 heterocycles. The van der Waals surface area contributed by atoms with Gasteiger partial charge in [-0.2, -0.15) is 0 Å². The van der Waals surface area contributed by atoms with Crippen molar-refractivity contribution < 1.29 is 9.90 Å². The summed E-state index contributed by atoms with van der Waals surface area (Å²) >= 11 is 0. The van der Waals surface area contributed by atoms with Gasteiger partial charge < -0.3 is 5.11 Å². The number of carbonyl (C=O) groups is 1. The van der Waals surface area contributed by atoms with Crippen LogP contribution >= 0.6 is 0 Å². The zero-order valence-electron chi connectivity index (χ0n) is 5.26. The molecule has 3 aliphatic carbocycles. The molecule has 0 amide bonds. The molecule has 2 nitrogen and oxygen atoms in total. The van der Waals surface area contributed by atoms with Crippen molar-refractivity contribution in [2.45, 2.75) is 25.7 Å². The van der Waals surface area contributed by atoms with Gasteiger partial charge in [0.1, 0.15) is 0 Å². The number of hydrogen-bond donors (Lipinski definition) is 1. The summed E-state index contributed by atoms with van der Waals surface area (Å²) in [4.78, 5) is 10.6. The summed E-state index contributed by atoms with van der Waals surface area (Å²) in [5.74, 6) is 0.206. The zero-order chi connectivity index (χ0) is 6.48. The zero-order valence-corrected chi connectivity index (χ0v) is 5.26. The Morgan fingerprint density at radius 2 is 2.22 bits per heavy atom. The summed E-state index contributed by atoms with van der Waals surface area (Å²) in [7, 11) is 0. The van der Waals surface area contributed by atoms with Crippen LogP contribution in [0.4, 0.5) is 0 Å². The molecule has 0 spiro atoms. The molecule has 2 heteroatoms. The number of fused-ring (bicyclic) bond motifs is 1. The molecular weight excluding hydrogens is 117 g/mol. The van der Waals surface area contributed by atoms with E-state index in [-0.39, 0.29) is 5.41 Å². The highest BCUT2D eigenvalue weighted by atomic mass is 16.5. The first kappa shape index (κ1) is 5.27. The van der Waals surface area contributed by atoms with Crippen molar-refractivity contribution in [2.24, 2.45) is 11.3 Å². The second-order valence-electron chi connectivity index (χ2n) is 3.40. The van der Waals surface area contributed by atoms with Crippen molar-refractivity contribution in [2.75, 3.05) is 0 Å². The molecule has 0 aromatic heterocycles. The van der Waals surface area contributed by atoms with Crippen molar-refractivity contribution in [3.05, 3.63) is 0 Å². The van der Waals surface area contributed by atoms with Gasteiger partial charge in [-0.15, -0.1) is 0 Å². The molecule has 0 saturated heterocycles. The molecule has 9 heavy (non-hydrogen) atoms. The smallest absolute Gasteiger partial charge is 0.309 e. The fourth-order valence-corrected chi connectivity index (χ4v) is 2.22.